The van der Waals surface area contributed by atoms with Crippen molar-refractivity contribution >= 4 is 27.5 Å². The fourth-order valence-electron chi connectivity index (χ4n) is 3.16. The van der Waals surface area contributed by atoms with Crippen LogP contribution in [0.5, 0.6) is 5.75 Å². The van der Waals surface area contributed by atoms with Crippen molar-refractivity contribution in [1.82, 2.24) is 5.32 Å². The molecule has 0 bridgehead atoms. The first-order valence-corrected chi connectivity index (χ1v) is 9.92. The zero-order valence-electron chi connectivity index (χ0n) is 14.3. The van der Waals surface area contributed by atoms with E-state index in [1.54, 1.807) is 30.3 Å². The maximum Gasteiger partial charge on any atom is 0.255 e. The van der Waals surface area contributed by atoms with Gasteiger partial charge in [0.15, 0.2) is 0 Å². The van der Waals surface area contributed by atoms with Crippen LogP contribution in [0.15, 0.2) is 47.4 Å². The Morgan fingerprint density at radius 3 is 2.42 bits per heavy atom. The number of primary sulfonamides is 1. The van der Waals surface area contributed by atoms with Crippen molar-refractivity contribution < 1.29 is 17.9 Å². The third-order valence-electron chi connectivity index (χ3n) is 4.68. The second-order valence-electron chi connectivity index (χ2n) is 6.34. The Morgan fingerprint density at radius 1 is 1.19 bits per heavy atom. The smallest absolute Gasteiger partial charge is 0.255 e. The van der Waals surface area contributed by atoms with Gasteiger partial charge in [-0.05, 0) is 41.8 Å². The van der Waals surface area contributed by atoms with Gasteiger partial charge in [0.1, 0.15) is 5.75 Å². The van der Waals surface area contributed by atoms with Crippen molar-refractivity contribution in [2.45, 2.75) is 23.8 Å². The molecule has 0 saturated heterocycles. The van der Waals surface area contributed by atoms with Gasteiger partial charge in [-0.3, -0.25) is 4.79 Å². The summed E-state index contributed by atoms with van der Waals surface area (Å²) in [6.07, 6.45) is 0. The van der Waals surface area contributed by atoms with Crippen LogP contribution in [0.1, 0.15) is 28.8 Å². The molecular weight excluding hydrogens is 376 g/mol. The van der Waals surface area contributed by atoms with Crippen molar-refractivity contribution in [1.29, 1.82) is 0 Å². The average molecular weight is 395 g/mol. The van der Waals surface area contributed by atoms with Crippen molar-refractivity contribution in [2.75, 3.05) is 7.11 Å². The molecule has 3 N–H and O–H groups in total. The minimum Gasteiger partial charge on any atom is -0.496 e. The number of benzene rings is 2. The summed E-state index contributed by atoms with van der Waals surface area (Å²) in [6, 6.07) is 11.2. The lowest BCUT2D eigenvalue weighted by atomic mass is 10.1. The van der Waals surface area contributed by atoms with Gasteiger partial charge < -0.3 is 10.1 Å². The van der Waals surface area contributed by atoms with Crippen molar-refractivity contribution in [2.24, 2.45) is 11.1 Å². The molecule has 2 aromatic carbocycles. The summed E-state index contributed by atoms with van der Waals surface area (Å²) in [5, 5.41) is 8.56. The van der Waals surface area contributed by atoms with E-state index in [4.69, 9.17) is 21.5 Å². The quantitative estimate of drug-likeness (QED) is 0.813. The predicted octanol–water partition coefficient (Wildman–Crippen LogP) is 2.53. The lowest BCUT2D eigenvalue weighted by molar-refractivity contribution is 0.0945. The minimum atomic E-state index is -3.71. The molecule has 1 fully saturated rings. The number of methoxy groups -OCH3 is 1. The summed E-state index contributed by atoms with van der Waals surface area (Å²) in [7, 11) is -2.22. The van der Waals surface area contributed by atoms with E-state index < -0.39 is 10.0 Å². The molecule has 8 heteroatoms. The molecule has 6 nitrogen and oxygen atoms in total. The van der Waals surface area contributed by atoms with Crippen molar-refractivity contribution in [3.8, 4) is 5.75 Å². The Hall–Kier alpha value is -2.09. The van der Waals surface area contributed by atoms with Crippen LogP contribution in [0.3, 0.4) is 0 Å². The molecule has 0 radical (unpaired) electrons. The molecule has 1 unspecified atom stereocenters. The summed E-state index contributed by atoms with van der Waals surface area (Å²) >= 11 is 5.98. The predicted molar refractivity (Wildman–Crippen MR) is 99.0 cm³/mol. The van der Waals surface area contributed by atoms with Crippen molar-refractivity contribution in [3.05, 3.63) is 58.6 Å². The Balaban J connectivity index is 1.74. The van der Waals surface area contributed by atoms with E-state index >= 15 is 0 Å². The standard InChI is InChI=1S/C18H19ClN2O4S/c1-10-16(11-3-6-13(7-4-11)26(20,23)24)17(10)21-18(22)14-9-12(19)5-8-15(14)25-2/h3-10,16-17H,1-2H3,(H,21,22)(H2,20,23,24)/t10-,16+,17?/m1/s1. The van der Waals surface area contributed by atoms with Crippen LogP contribution in [-0.2, 0) is 10.0 Å². The molecule has 0 aromatic heterocycles. The lowest BCUT2D eigenvalue weighted by Gasteiger charge is -2.10. The van der Waals surface area contributed by atoms with E-state index in [2.05, 4.69) is 5.32 Å². The fourth-order valence-corrected chi connectivity index (χ4v) is 3.85. The van der Waals surface area contributed by atoms with E-state index in [0.717, 1.165) is 5.56 Å². The number of nitrogens with one attached hydrogen (secondary N) is 1. The maximum atomic E-state index is 12.6. The van der Waals surface area contributed by atoms with Gasteiger partial charge in [0.05, 0.1) is 17.6 Å². The van der Waals surface area contributed by atoms with Gasteiger partial charge in [0.25, 0.3) is 5.91 Å². The number of nitrogens with two attached hydrogens (primary N) is 1. The Labute approximate surface area is 157 Å². The van der Waals surface area contributed by atoms with Crippen LogP contribution >= 0.6 is 11.6 Å². The molecule has 2 aromatic rings. The molecule has 1 aliphatic carbocycles. The number of rotatable bonds is 5. The van der Waals surface area contributed by atoms with E-state index in [1.165, 1.54) is 19.2 Å². The first kappa shape index (κ1) is 18.7. The second-order valence-corrected chi connectivity index (χ2v) is 8.34. The van der Waals surface area contributed by atoms with Gasteiger partial charge in [-0.1, -0.05) is 30.7 Å². The Bertz CT molecular complexity index is 944. The number of carbonyl (C=O) groups excluding carboxylic acids is 1. The van der Waals surface area contributed by atoms with Crippen LogP contribution in [-0.4, -0.2) is 27.5 Å². The third-order valence-corrected chi connectivity index (χ3v) is 5.84. The van der Waals surface area contributed by atoms with E-state index in [0.29, 0.717) is 16.3 Å². The Morgan fingerprint density at radius 2 is 1.85 bits per heavy atom. The Kier molecular flexibility index (Phi) is 4.96. The third kappa shape index (κ3) is 3.70. The molecule has 1 saturated carbocycles. The number of halogens is 1. The van der Waals surface area contributed by atoms with Crippen LogP contribution in [0, 0.1) is 5.92 Å². The monoisotopic (exact) mass is 394 g/mol. The molecule has 3 rings (SSSR count). The number of hydrogen-bond donors (Lipinski definition) is 2. The highest BCUT2D eigenvalue weighted by Gasteiger charge is 2.48. The highest BCUT2D eigenvalue weighted by atomic mass is 35.5. The highest BCUT2D eigenvalue weighted by Crippen LogP contribution is 2.47. The summed E-state index contributed by atoms with van der Waals surface area (Å²) in [4.78, 5) is 12.7. The highest BCUT2D eigenvalue weighted by molar-refractivity contribution is 7.89. The van der Waals surface area contributed by atoms with Gasteiger partial charge in [-0.2, -0.15) is 0 Å². The molecule has 1 aliphatic rings. The molecule has 1 amide bonds. The van der Waals surface area contributed by atoms with Gasteiger partial charge in [-0.25, -0.2) is 13.6 Å². The SMILES string of the molecule is COc1ccc(Cl)cc1C(=O)NC1[C@H](C)[C@H]1c1ccc(S(N)(=O)=O)cc1. The van der Waals surface area contributed by atoms with Crippen molar-refractivity contribution in [3.63, 3.8) is 0 Å². The summed E-state index contributed by atoms with van der Waals surface area (Å²) in [5.74, 6) is 0.530. The van der Waals surface area contributed by atoms with Crippen LogP contribution in [0.2, 0.25) is 5.02 Å². The zero-order valence-corrected chi connectivity index (χ0v) is 15.8. The number of ether oxygens (including phenoxy) is 1. The van der Waals surface area contributed by atoms with Crippen LogP contribution < -0.4 is 15.2 Å². The molecular formula is C18H19ClN2O4S. The van der Waals surface area contributed by atoms with E-state index in [1.807, 2.05) is 6.92 Å². The van der Waals surface area contributed by atoms with Gasteiger partial charge in [0, 0.05) is 17.0 Å². The first-order valence-electron chi connectivity index (χ1n) is 7.99. The molecule has 3 atom stereocenters. The average Bonchev–Trinajstić information content (AvgIpc) is 3.23. The maximum absolute atomic E-state index is 12.6. The summed E-state index contributed by atoms with van der Waals surface area (Å²) < 4.78 is 27.9. The fraction of sp³-hybridized carbons (Fsp3) is 0.278. The normalized spacial score (nSPS) is 21.9. The molecule has 26 heavy (non-hydrogen) atoms. The van der Waals surface area contributed by atoms with Crippen LogP contribution in [0.25, 0.3) is 0 Å². The summed E-state index contributed by atoms with van der Waals surface area (Å²) in [6.45, 7) is 2.03. The largest absolute Gasteiger partial charge is 0.496 e. The van der Waals surface area contributed by atoms with E-state index in [-0.39, 0.29) is 28.7 Å². The van der Waals surface area contributed by atoms with Gasteiger partial charge in [0.2, 0.25) is 10.0 Å². The number of amides is 1. The molecule has 0 heterocycles. The van der Waals surface area contributed by atoms with E-state index in [9.17, 15) is 13.2 Å². The zero-order chi connectivity index (χ0) is 19.1. The first-order chi connectivity index (χ1) is 12.2. The molecule has 0 spiro atoms. The second kappa shape index (κ2) is 6.90. The number of sulfonamides is 1. The molecule has 0 aliphatic heterocycles. The van der Waals surface area contributed by atoms with Gasteiger partial charge >= 0.3 is 0 Å². The number of carbonyl (C=O) groups is 1. The minimum absolute atomic E-state index is 0.0495. The lowest BCUT2D eigenvalue weighted by Crippen LogP contribution is -2.27. The van der Waals surface area contributed by atoms with Crippen LogP contribution in [0.4, 0.5) is 0 Å². The van der Waals surface area contributed by atoms with Gasteiger partial charge in [-0.15, -0.1) is 0 Å². The number of hydrogen-bond acceptors (Lipinski definition) is 4. The molecule has 138 valence electrons. The topological polar surface area (TPSA) is 98.5 Å². The summed E-state index contributed by atoms with van der Waals surface area (Å²) in [5.41, 5.74) is 1.33.